The fourth-order valence-electron chi connectivity index (χ4n) is 2.62. The topological polar surface area (TPSA) is 64.7 Å². The van der Waals surface area contributed by atoms with Gasteiger partial charge in [0.25, 0.3) is 0 Å². The van der Waals surface area contributed by atoms with Gasteiger partial charge in [-0.25, -0.2) is 0 Å². The molecule has 146 valence electrons. The van der Waals surface area contributed by atoms with Gasteiger partial charge in [-0.3, -0.25) is 4.79 Å². The second-order valence-electron chi connectivity index (χ2n) is 6.05. The minimum atomic E-state index is -0.189. The van der Waals surface area contributed by atoms with Crippen molar-refractivity contribution in [3.05, 3.63) is 70.7 Å². The number of thioether (sulfide) groups is 1. The van der Waals surface area contributed by atoms with E-state index >= 15 is 0 Å². The van der Waals surface area contributed by atoms with Crippen LogP contribution in [0.3, 0.4) is 0 Å². The smallest absolute Gasteiger partial charge is 0.234 e. The molecule has 0 radical (unpaired) electrons. The molecule has 3 aromatic rings. The van der Waals surface area contributed by atoms with E-state index in [1.54, 1.807) is 24.3 Å². The molecular formula is C19H19Cl2N5OS. The van der Waals surface area contributed by atoms with Gasteiger partial charge in [0.2, 0.25) is 5.91 Å². The van der Waals surface area contributed by atoms with E-state index in [9.17, 15) is 4.79 Å². The summed E-state index contributed by atoms with van der Waals surface area (Å²) in [5.41, 5.74) is 1.65. The Labute approximate surface area is 177 Å². The van der Waals surface area contributed by atoms with Gasteiger partial charge in [-0.15, -0.1) is 16.8 Å². The summed E-state index contributed by atoms with van der Waals surface area (Å²) in [6.45, 7) is 4.37. The van der Waals surface area contributed by atoms with Gasteiger partial charge in [0.05, 0.1) is 16.5 Å². The number of allylic oxidation sites excluding steroid dienone is 1. The third-order valence-corrected chi connectivity index (χ3v) is 5.55. The third kappa shape index (κ3) is 4.98. The molecule has 2 heterocycles. The molecule has 6 nitrogen and oxygen atoms in total. The van der Waals surface area contributed by atoms with E-state index in [2.05, 4.69) is 22.1 Å². The summed E-state index contributed by atoms with van der Waals surface area (Å²) in [5.74, 6) is 0.815. The van der Waals surface area contributed by atoms with Crippen molar-refractivity contribution in [2.75, 3.05) is 11.1 Å². The van der Waals surface area contributed by atoms with Crippen LogP contribution < -0.4 is 5.32 Å². The van der Waals surface area contributed by atoms with E-state index in [4.69, 9.17) is 23.2 Å². The number of nitrogens with zero attached hydrogens (tertiary/aromatic N) is 4. The number of anilines is 1. The van der Waals surface area contributed by atoms with Gasteiger partial charge in [0.15, 0.2) is 5.16 Å². The predicted octanol–water partition coefficient (Wildman–Crippen LogP) is 4.43. The van der Waals surface area contributed by atoms with E-state index in [0.29, 0.717) is 33.9 Å². The Morgan fingerprint density at radius 2 is 2.14 bits per heavy atom. The zero-order valence-corrected chi connectivity index (χ0v) is 17.6. The minimum absolute atomic E-state index is 0.179. The van der Waals surface area contributed by atoms with E-state index in [0.717, 1.165) is 11.5 Å². The summed E-state index contributed by atoms with van der Waals surface area (Å²) in [4.78, 5) is 12.3. The first-order chi connectivity index (χ1) is 13.5. The van der Waals surface area contributed by atoms with Gasteiger partial charge < -0.3 is 14.5 Å². The van der Waals surface area contributed by atoms with Gasteiger partial charge in [0.1, 0.15) is 5.82 Å². The van der Waals surface area contributed by atoms with Crippen LogP contribution in [0.2, 0.25) is 10.0 Å². The van der Waals surface area contributed by atoms with Gasteiger partial charge in [-0.05, 0) is 30.3 Å². The number of benzene rings is 1. The van der Waals surface area contributed by atoms with E-state index < -0.39 is 0 Å². The molecule has 0 aliphatic rings. The van der Waals surface area contributed by atoms with Gasteiger partial charge >= 0.3 is 0 Å². The van der Waals surface area contributed by atoms with Crippen molar-refractivity contribution in [3.63, 3.8) is 0 Å². The van der Waals surface area contributed by atoms with Crippen LogP contribution >= 0.6 is 35.0 Å². The highest BCUT2D eigenvalue weighted by Crippen LogP contribution is 2.26. The Hall–Kier alpha value is -2.22. The number of carbonyl (C=O) groups excluding carboxylic acids is 1. The summed E-state index contributed by atoms with van der Waals surface area (Å²) in [6, 6.07) is 8.97. The fraction of sp³-hybridized carbons (Fsp3) is 0.211. The van der Waals surface area contributed by atoms with Crippen molar-refractivity contribution >= 4 is 46.6 Å². The first-order valence-electron chi connectivity index (χ1n) is 8.49. The molecule has 1 N–H and O–H groups in total. The summed E-state index contributed by atoms with van der Waals surface area (Å²) in [5, 5.41) is 12.9. The molecule has 0 aliphatic heterocycles. The molecule has 1 aromatic carbocycles. The highest BCUT2D eigenvalue weighted by atomic mass is 35.5. The Bertz CT molecular complexity index is 998. The van der Waals surface area contributed by atoms with Crippen LogP contribution in [0.4, 0.5) is 5.69 Å². The zero-order valence-electron chi connectivity index (χ0n) is 15.2. The van der Waals surface area contributed by atoms with Crippen LogP contribution in [0.1, 0.15) is 11.5 Å². The van der Waals surface area contributed by atoms with Crippen molar-refractivity contribution in [2.45, 2.75) is 18.1 Å². The fourth-order valence-corrected chi connectivity index (χ4v) is 3.84. The Morgan fingerprint density at radius 1 is 1.32 bits per heavy atom. The average Bonchev–Trinajstić information content (AvgIpc) is 3.23. The van der Waals surface area contributed by atoms with Crippen molar-refractivity contribution in [1.29, 1.82) is 0 Å². The summed E-state index contributed by atoms with van der Waals surface area (Å²) in [6.07, 6.45) is 4.43. The molecular weight excluding hydrogens is 417 g/mol. The second-order valence-corrected chi connectivity index (χ2v) is 7.83. The van der Waals surface area contributed by atoms with Gasteiger partial charge in [0, 0.05) is 36.9 Å². The molecule has 0 spiro atoms. The lowest BCUT2D eigenvalue weighted by Crippen LogP contribution is -2.15. The number of amides is 1. The van der Waals surface area contributed by atoms with Crippen molar-refractivity contribution in [1.82, 2.24) is 19.3 Å². The lowest BCUT2D eigenvalue weighted by molar-refractivity contribution is -0.113. The Morgan fingerprint density at radius 3 is 2.82 bits per heavy atom. The van der Waals surface area contributed by atoms with Crippen LogP contribution in [0.15, 0.2) is 54.3 Å². The quantitative estimate of drug-likeness (QED) is 0.419. The molecule has 28 heavy (non-hydrogen) atoms. The van der Waals surface area contributed by atoms with Crippen LogP contribution in [-0.2, 0) is 24.8 Å². The van der Waals surface area contributed by atoms with Crippen molar-refractivity contribution in [3.8, 4) is 0 Å². The maximum atomic E-state index is 12.3. The van der Waals surface area contributed by atoms with E-state index in [-0.39, 0.29) is 11.7 Å². The number of aromatic nitrogens is 4. The molecule has 2 aromatic heterocycles. The highest BCUT2D eigenvalue weighted by Gasteiger charge is 2.15. The summed E-state index contributed by atoms with van der Waals surface area (Å²) >= 11 is 13.3. The maximum Gasteiger partial charge on any atom is 0.234 e. The van der Waals surface area contributed by atoms with Gasteiger partial charge in [-0.1, -0.05) is 41.0 Å². The molecule has 0 saturated heterocycles. The van der Waals surface area contributed by atoms with Crippen molar-refractivity contribution < 1.29 is 4.79 Å². The van der Waals surface area contributed by atoms with Crippen LogP contribution in [0.25, 0.3) is 0 Å². The largest absolute Gasteiger partial charge is 0.354 e. The molecule has 0 saturated carbocycles. The van der Waals surface area contributed by atoms with Gasteiger partial charge in [-0.2, -0.15) is 0 Å². The first kappa shape index (κ1) is 20.5. The number of rotatable bonds is 8. The lowest BCUT2D eigenvalue weighted by atomic mass is 10.3. The van der Waals surface area contributed by atoms with Crippen LogP contribution in [0.5, 0.6) is 0 Å². The number of halogens is 2. The number of carbonyl (C=O) groups is 1. The number of hydrogen-bond acceptors (Lipinski definition) is 4. The lowest BCUT2D eigenvalue weighted by Gasteiger charge is -2.09. The summed E-state index contributed by atoms with van der Waals surface area (Å²) < 4.78 is 4.01. The van der Waals surface area contributed by atoms with Crippen molar-refractivity contribution in [2.24, 2.45) is 7.05 Å². The SMILES string of the molecule is C=CCn1c(Cc2cccn2C)nnc1SCC(=O)Nc1ccc(Cl)cc1Cl. The predicted molar refractivity (Wildman–Crippen MR) is 114 cm³/mol. The highest BCUT2D eigenvalue weighted by molar-refractivity contribution is 7.99. The van der Waals surface area contributed by atoms with Crippen LogP contribution in [-0.4, -0.2) is 31.0 Å². The van der Waals surface area contributed by atoms with E-state index in [1.165, 1.54) is 11.8 Å². The van der Waals surface area contributed by atoms with E-state index in [1.807, 2.05) is 34.5 Å². The van der Waals surface area contributed by atoms with Crippen LogP contribution in [0, 0.1) is 0 Å². The first-order valence-corrected chi connectivity index (χ1v) is 10.2. The zero-order chi connectivity index (χ0) is 20.1. The molecule has 9 heteroatoms. The minimum Gasteiger partial charge on any atom is -0.354 e. The monoisotopic (exact) mass is 435 g/mol. The second kappa shape index (κ2) is 9.32. The number of aryl methyl sites for hydroxylation is 1. The normalized spacial score (nSPS) is 10.8. The molecule has 3 rings (SSSR count). The maximum absolute atomic E-state index is 12.3. The molecule has 0 fully saturated rings. The Kier molecular flexibility index (Phi) is 6.83. The molecule has 0 aliphatic carbocycles. The molecule has 0 atom stereocenters. The Balaban J connectivity index is 1.67. The molecule has 1 amide bonds. The summed E-state index contributed by atoms with van der Waals surface area (Å²) in [7, 11) is 1.99. The number of hydrogen-bond donors (Lipinski definition) is 1. The average molecular weight is 436 g/mol. The molecule has 0 unspecified atom stereocenters. The number of nitrogens with one attached hydrogen (secondary N) is 1. The molecule has 0 bridgehead atoms. The third-order valence-electron chi connectivity index (χ3n) is 4.03. The standard InChI is InChI=1S/C19H19Cl2N5OS/c1-3-8-26-17(11-14-5-4-9-25(14)2)23-24-19(26)28-12-18(27)22-16-7-6-13(20)10-15(16)21/h3-7,9-10H,1,8,11-12H2,2H3,(H,22,27).